The Kier molecular flexibility index (Phi) is 2.99. The van der Waals surface area contributed by atoms with Gasteiger partial charge in [-0.2, -0.15) is 0 Å². The summed E-state index contributed by atoms with van der Waals surface area (Å²) in [6, 6.07) is 0.986. The zero-order chi connectivity index (χ0) is 14.2. The molecular weight excluding hydrogens is 252 g/mol. The second-order valence-electron chi connectivity index (χ2n) is 3.91. The molecule has 98 valence electrons. The normalized spacial score (nSPS) is 10.4. The van der Waals surface area contributed by atoms with E-state index in [4.69, 9.17) is 5.11 Å². The fourth-order valence-corrected chi connectivity index (χ4v) is 1.60. The maximum absolute atomic E-state index is 11.0. The van der Waals surface area contributed by atoms with E-state index in [1.54, 1.807) is 13.8 Å². The van der Waals surface area contributed by atoms with Gasteiger partial charge in [0.2, 0.25) is 5.82 Å². The van der Waals surface area contributed by atoms with Crippen molar-refractivity contribution in [1.29, 1.82) is 0 Å². The third-order valence-corrected chi connectivity index (χ3v) is 2.77. The van der Waals surface area contributed by atoms with Gasteiger partial charge < -0.3 is 5.11 Å². The summed E-state index contributed by atoms with van der Waals surface area (Å²) >= 11 is 0. The van der Waals surface area contributed by atoms with E-state index >= 15 is 0 Å². The molecule has 0 bridgehead atoms. The Morgan fingerprint density at radius 1 is 1.42 bits per heavy atom. The van der Waals surface area contributed by atoms with Gasteiger partial charge >= 0.3 is 11.7 Å². The number of aromatic carboxylic acids is 1. The second-order valence-corrected chi connectivity index (χ2v) is 3.91. The quantitative estimate of drug-likeness (QED) is 0.662. The first kappa shape index (κ1) is 12.7. The summed E-state index contributed by atoms with van der Waals surface area (Å²) < 4.78 is 1.46. The van der Waals surface area contributed by atoms with Gasteiger partial charge in [0.15, 0.2) is 0 Å². The number of hydrogen-bond donors (Lipinski definition) is 1. The summed E-state index contributed by atoms with van der Waals surface area (Å²) in [6.07, 6.45) is 2.50. The molecule has 0 aliphatic heterocycles. The minimum Gasteiger partial charge on any atom is -0.478 e. The summed E-state index contributed by atoms with van der Waals surface area (Å²) in [4.78, 5) is 29.1. The minimum atomic E-state index is -1.26. The predicted octanol–water partition coefficient (Wildman–Crippen LogP) is 1.49. The third-order valence-electron chi connectivity index (χ3n) is 2.77. The molecule has 0 unspecified atom stereocenters. The predicted molar refractivity (Wildman–Crippen MR) is 64.4 cm³/mol. The number of imidazole rings is 1. The highest BCUT2D eigenvalue weighted by molar-refractivity contribution is 5.88. The molecule has 2 aromatic heterocycles. The Morgan fingerprint density at radius 2 is 2.11 bits per heavy atom. The zero-order valence-corrected chi connectivity index (χ0v) is 10.2. The van der Waals surface area contributed by atoms with Crippen LogP contribution in [0.3, 0.4) is 0 Å². The van der Waals surface area contributed by atoms with E-state index in [9.17, 15) is 14.9 Å². The van der Waals surface area contributed by atoms with Gasteiger partial charge in [0.05, 0.1) is 16.2 Å². The van der Waals surface area contributed by atoms with Crippen LogP contribution < -0.4 is 0 Å². The van der Waals surface area contributed by atoms with Crippen molar-refractivity contribution < 1.29 is 14.8 Å². The van der Waals surface area contributed by atoms with Gasteiger partial charge in [-0.15, -0.1) is 0 Å². The van der Waals surface area contributed by atoms with Crippen LogP contribution in [0.5, 0.6) is 0 Å². The molecule has 19 heavy (non-hydrogen) atoms. The first-order valence-electron chi connectivity index (χ1n) is 5.30. The highest BCUT2D eigenvalue weighted by Gasteiger charge is 2.21. The van der Waals surface area contributed by atoms with E-state index in [2.05, 4.69) is 9.97 Å². The van der Waals surface area contributed by atoms with Gasteiger partial charge in [-0.3, -0.25) is 14.7 Å². The maximum atomic E-state index is 11.0. The van der Waals surface area contributed by atoms with Crippen LogP contribution in [-0.4, -0.2) is 30.5 Å². The van der Waals surface area contributed by atoms with Crippen molar-refractivity contribution in [3.63, 3.8) is 0 Å². The Balaban J connectivity index is 2.67. The number of aryl methyl sites for hydroxylation is 1. The topological polar surface area (TPSA) is 111 Å². The number of aromatic nitrogens is 3. The Bertz CT molecular complexity index is 677. The molecule has 8 nitrogen and oxygen atoms in total. The molecule has 1 N–H and O–H groups in total. The average Bonchev–Trinajstić information content (AvgIpc) is 2.69. The highest BCUT2D eigenvalue weighted by Crippen LogP contribution is 2.23. The van der Waals surface area contributed by atoms with Crippen molar-refractivity contribution in [2.45, 2.75) is 13.8 Å². The largest absolute Gasteiger partial charge is 0.478 e. The summed E-state index contributed by atoms with van der Waals surface area (Å²) in [7, 11) is 0. The number of nitrogens with zero attached hydrogens (tertiary/aromatic N) is 4. The molecule has 0 aliphatic carbocycles. The average molecular weight is 262 g/mol. The van der Waals surface area contributed by atoms with Crippen LogP contribution in [0.25, 0.3) is 5.82 Å². The smallest absolute Gasteiger partial charge is 0.337 e. The third kappa shape index (κ3) is 2.15. The standard InChI is InChI=1S/C11H10N4O4/c1-6-7(2)14(5-13-6)10-9(15(18)19)3-8(4-12-10)11(16)17/h3-5H,1-2H3,(H,16,17). The molecule has 8 heteroatoms. The van der Waals surface area contributed by atoms with Crippen molar-refractivity contribution >= 4 is 11.7 Å². The molecule has 0 aromatic carbocycles. The first-order valence-corrected chi connectivity index (χ1v) is 5.30. The summed E-state index contributed by atoms with van der Waals surface area (Å²) in [5.41, 5.74) is 0.822. The maximum Gasteiger partial charge on any atom is 0.337 e. The Labute approximate surface area is 107 Å². The molecule has 0 atom stereocenters. The number of carbonyl (C=O) groups is 1. The Morgan fingerprint density at radius 3 is 2.58 bits per heavy atom. The first-order chi connectivity index (χ1) is 8.91. The molecule has 0 fully saturated rings. The van der Waals surface area contributed by atoms with Crippen LogP contribution in [0.2, 0.25) is 0 Å². The minimum absolute atomic E-state index is 0.0492. The second kappa shape index (κ2) is 4.48. The lowest BCUT2D eigenvalue weighted by molar-refractivity contribution is -0.384. The van der Waals surface area contributed by atoms with Crippen molar-refractivity contribution in [2.24, 2.45) is 0 Å². The van der Waals surface area contributed by atoms with Gasteiger partial charge in [-0.1, -0.05) is 0 Å². The van der Waals surface area contributed by atoms with Gasteiger partial charge in [-0.05, 0) is 13.8 Å². The van der Waals surface area contributed by atoms with Crippen LogP contribution in [-0.2, 0) is 0 Å². The summed E-state index contributed by atoms with van der Waals surface area (Å²) in [6.45, 7) is 3.52. The van der Waals surface area contributed by atoms with E-state index in [0.717, 1.165) is 18.0 Å². The molecule has 0 amide bonds. The van der Waals surface area contributed by atoms with Crippen molar-refractivity contribution in [2.75, 3.05) is 0 Å². The number of nitro groups is 1. The number of hydrogen-bond acceptors (Lipinski definition) is 5. The molecule has 0 saturated carbocycles. The Hall–Kier alpha value is -2.77. The lowest BCUT2D eigenvalue weighted by Gasteiger charge is -2.05. The molecule has 2 rings (SSSR count). The van der Waals surface area contributed by atoms with Crippen LogP contribution in [0.1, 0.15) is 21.7 Å². The van der Waals surface area contributed by atoms with Crippen LogP contribution in [0.15, 0.2) is 18.6 Å². The lowest BCUT2D eigenvalue weighted by atomic mass is 10.2. The van der Waals surface area contributed by atoms with Crippen LogP contribution in [0, 0.1) is 24.0 Å². The highest BCUT2D eigenvalue weighted by atomic mass is 16.6. The molecular formula is C11H10N4O4. The van der Waals surface area contributed by atoms with E-state index < -0.39 is 10.9 Å². The van der Waals surface area contributed by atoms with Crippen LogP contribution in [0.4, 0.5) is 5.69 Å². The summed E-state index contributed by atoms with van der Waals surface area (Å²) in [5, 5.41) is 19.9. The fraction of sp³-hybridized carbons (Fsp3) is 0.182. The van der Waals surface area contributed by atoms with E-state index in [0.29, 0.717) is 5.69 Å². The van der Waals surface area contributed by atoms with Gasteiger partial charge in [0.1, 0.15) is 6.33 Å². The van der Waals surface area contributed by atoms with E-state index in [1.165, 1.54) is 10.9 Å². The molecule has 2 aromatic rings. The number of carboxylic acids is 1. The molecule has 0 aliphatic rings. The molecule has 0 spiro atoms. The van der Waals surface area contributed by atoms with Gasteiger partial charge in [0.25, 0.3) is 0 Å². The van der Waals surface area contributed by atoms with Gasteiger partial charge in [0, 0.05) is 18.0 Å². The molecule has 0 saturated heterocycles. The van der Waals surface area contributed by atoms with Crippen molar-refractivity contribution in [3.05, 3.63) is 45.7 Å². The monoisotopic (exact) mass is 262 g/mol. The molecule has 2 heterocycles. The van der Waals surface area contributed by atoms with E-state index in [1.807, 2.05) is 0 Å². The number of rotatable bonds is 3. The molecule has 0 radical (unpaired) electrons. The SMILES string of the molecule is Cc1ncn(-c2ncc(C(=O)O)cc2[N+](=O)[O-])c1C. The lowest BCUT2D eigenvalue weighted by Crippen LogP contribution is -2.07. The number of pyridine rings is 1. The van der Waals surface area contributed by atoms with E-state index in [-0.39, 0.29) is 17.1 Å². The van der Waals surface area contributed by atoms with Gasteiger partial charge in [-0.25, -0.2) is 14.8 Å². The van der Waals surface area contributed by atoms with Crippen molar-refractivity contribution in [1.82, 2.24) is 14.5 Å². The van der Waals surface area contributed by atoms with Crippen molar-refractivity contribution in [3.8, 4) is 5.82 Å². The fourth-order valence-electron chi connectivity index (χ4n) is 1.60. The number of carboxylic acid groups (broad SMARTS) is 1. The van der Waals surface area contributed by atoms with Crippen LogP contribution >= 0.6 is 0 Å². The zero-order valence-electron chi connectivity index (χ0n) is 10.2. The summed E-state index contributed by atoms with van der Waals surface area (Å²) in [5.74, 6) is -1.21.